The number of hydrogen-bond acceptors (Lipinski definition) is 2. The predicted octanol–water partition coefficient (Wildman–Crippen LogP) is 4.43. The van der Waals surface area contributed by atoms with Crippen LogP contribution in [-0.2, 0) is 0 Å². The van der Waals surface area contributed by atoms with Gasteiger partial charge >= 0.3 is 0 Å². The fourth-order valence-electron chi connectivity index (χ4n) is 4.52. The van der Waals surface area contributed by atoms with Gasteiger partial charge in [-0.1, -0.05) is 40.5 Å². The van der Waals surface area contributed by atoms with E-state index in [1.54, 1.807) is 0 Å². The molecule has 0 radical (unpaired) electrons. The lowest BCUT2D eigenvalue weighted by atomic mass is 9.67. The van der Waals surface area contributed by atoms with Gasteiger partial charge in [-0.2, -0.15) is 0 Å². The maximum atomic E-state index is 6.50. The lowest BCUT2D eigenvalue weighted by Crippen LogP contribution is -2.47. The lowest BCUT2D eigenvalue weighted by Gasteiger charge is -2.43. The zero-order chi connectivity index (χ0) is 15.5. The summed E-state index contributed by atoms with van der Waals surface area (Å²) in [6.45, 7) is 12.2. The first kappa shape index (κ1) is 17.3. The zero-order valence-corrected chi connectivity index (χ0v) is 14.9. The molecule has 124 valence electrons. The van der Waals surface area contributed by atoms with Crippen molar-refractivity contribution < 1.29 is 0 Å². The van der Waals surface area contributed by atoms with E-state index in [9.17, 15) is 0 Å². The van der Waals surface area contributed by atoms with Crippen LogP contribution >= 0.6 is 0 Å². The molecule has 2 fully saturated rings. The average Bonchev–Trinajstić information content (AvgIpc) is 2.65. The van der Waals surface area contributed by atoms with Crippen LogP contribution in [0.15, 0.2) is 0 Å². The summed E-state index contributed by atoms with van der Waals surface area (Å²) in [6.07, 6.45) is 10.9. The van der Waals surface area contributed by atoms with E-state index in [1.165, 1.54) is 64.5 Å². The largest absolute Gasteiger partial charge is 0.327 e. The van der Waals surface area contributed by atoms with Gasteiger partial charge in [0.05, 0.1) is 0 Å². The van der Waals surface area contributed by atoms with Crippen LogP contribution in [0.5, 0.6) is 0 Å². The maximum Gasteiger partial charge on any atom is 0.00927 e. The van der Waals surface area contributed by atoms with Gasteiger partial charge in [-0.05, 0) is 62.3 Å². The van der Waals surface area contributed by atoms with Crippen LogP contribution < -0.4 is 5.73 Å². The molecule has 2 aliphatic rings. The van der Waals surface area contributed by atoms with E-state index in [-0.39, 0.29) is 0 Å². The second-order valence-corrected chi connectivity index (χ2v) is 8.71. The van der Waals surface area contributed by atoms with Gasteiger partial charge in [0, 0.05) is 18.6 Å². The highest BCUT2D eigenvalue weighted by Crippen LogP contribution is 2.40. The van der Waals surface area contributed by atoms with E-state index in [0.29, 0.717) is 11.5 Å². The molecule has 2 heteroatoms. The van der Waals surface area contributed by atoms with Crippen molar-refractivity contribution in [2.45, 2.75) is 91.1 Å². The Morgan fingerprint density at radius 2 is 1.81 bits per heavy atom. The molecule has 1 aliphatic carbocycles. The SMILES string of the molecule is CCC1CCCCCN1CC1CC(C(C)(C)C)CCC1N. The quantitative estimate of drug-likeness (QED) is 0.834. The van der Waals surface area contributed by atoms with E-state index in [1.807, 2.05) is 0 Å². The van der Waals surface area contributed by atoms with Gasteiger partial charge in [0.1, 0.15) is 0 Å². The Hall–Kier alpha value is -0.0800. The molecule has 0 amide bonds. The molecular weight excluding hydrogens is 256 g/mol. The molecule has 0 bridgehead atoms. The minimum absolute atomic E-state index is 0.435. The topological polar surface area (TPSA) is 29.3 Å². The van der Waals surface area contributed by atoms with E-state index in [0.717, 1.165) is 17.9 Å². The Morgan fingerprint density at radius 3 is 2.48 bits per heavy atom. The van der Waals surface area contributed by atoms with Crippen LogP contribution in [0.3, 0.4) is 0 Å². The Balaban J connectivity index is 1.98. The van der Waals surface area contributed by atoms with E-state index in [4.69, 9.17) is 5.73 Å². The zero-order valence-electron chi connectivity index (χ0n) is 14.9. The monoisotopic (exact) mass is 294 g/mol. The highest BCUT2D eigenvalue weighted by molar-refractivity contribution is 4.90. The minimum Gasteiger partial charge on any atom is -0.327 e. The first-order valence-electron chi connectivity index (χ1n) is 9.41. The standard InChI is InChI=1S/C19H38N2/c1-5-17-9-7-6-8-12-21(17)14-15-13-16(19(2,3)4)10-11-18(15)20/h15-18H,5-14,20H2,1-4H3. The molecule has 21 heavy (non-hydrogen) atoms. The number of hydrogen-bond donors (Lipinski definition) is 1. The molecule has 2 nitrogen and oxygen atoms in total. The average molecular weight is 295 g/mol. The molecular formula is C19H38N2. The van der Waals surface area contributed by atoms with Crippen LogP contribution in [0, 0.1) is 17.3 Å². The van der Waals surface area contributed by atoms with Gasteiger partial charge in [-0.15, -0.1) is 0 Å². The summed E-state index contributed by atoms with van der Waals surface area (Å²) in [5.74, 6) is 1.57. The molecule has 2 rings (SSSR count). The summed E-state index contributed by atoms with van der Waals surface area (Å²) >= 11 is 0. The molecule has 1 heterocycles. The third-order valence-corrected chi connectivity index (χ3v) is 6.21. The van der Waals surface area contributed by atoms with Crippen LogP contribution in [0.25, 0.3) is 0 Å². The normalized spacial score (nSPS) is 36.4. The third kappa shape index (κ3) is 4.69. The Labute approximate surface area is 132 Å². The number of nitrogens with two attached hydrogens (primary N) is 1. The van der Waals surface area contributed by atoms with Crippen LogP contribution in [-0.4, -0.2) is 30.1 Å². The van der Waals surface area contributed by atoms with Gasteiger partial charge in [0.15, 0.2) is 0 Å². The van der Waals surface area contributed by atoms with Crippen LogP contribution in [0.1, 0.15) is 79.1 Å². The van der Waals surface area contributed by atoms with Gasteiger partial charge in [-0.3, -0.25) is 0 Å². The molecule has 4 unspecified atom stereocenters. The summed E-state index contributed by atoms with van der Waals surface area (Å²) < 4.78 is 0. The van der Waals surface area contributed by atoms with Crippen molar-refractivity contribution in [3.63, 3.8) is 0 Å². The summed E-state index contributed by atoms with van der Waals surface area (Å²) in [4.78, 5) is 2.79. The molecule has 0 aromatic rings. The molecule has 1 aliphatic heterocycles. The molecule has 0 spiro atoms. The fraction of sp³-hybridized carbons (Fsp3) is 1.00. The van der Waals surface area contributed by atoms with Gasteiger partial charge in [0.25, 0.3) is 0 Å². The van der Waals surface area contributed by atoms with Crippen molar-refractivity contribution in [2.24, 2.45) is 23.0 Å². The van der Waals surface area contributed by atoms with E-state index < -0.39 is 0 Å². The highest BCUT2D eigenvalue weighted by atomic mass is 15.2. The molecule has 1 saturated carbocycles. The second kappa shape index (κ2) is 7.46. The van der Waals surface area contributed by atoms with Crippen molar-refractivity contribution in [3.8, 4) is 0 Å². The van der Waals surface area contributed by atoms with Gasteiger partial charge < -0.3 is 10.6 Å². The van der Waals surface area contributed by atoms with Gasteiger partial charge in [-0.25, -0.2) is 0 Å². The van der Waals surface area contributed by atoms with Crippen molar-refractivity contribution in [2.75, 3.05) is 13.1 Å². The van der Waals surface area contributed by atoms with Crippen molar-refractivity contribution in [1.29, 1.82) is 0 Å². The smallest absolute Gasteiger partial charge is 0.00927 e. The van der Waals surface area contributed by atoms with Crippen LogP contribution in [0.4, 0.5) is 0 Å². The number of nitrogens with zero attached hydrogens (tertiary/aromatic N) is 1. The Morgan fingerprint density at radius 1 is 1.05 bits per heavy atom. The fourth-order valence-corrected chi connectivity index (χ4v) is 4.52. The molecule has 4 atom stereocenters. The van der Waals surface area contributed by atoms with E-state index in [2.05, 4.69) is 32.6 Å². The summed E-state index contributed by atoms with van der Waals surface area (Å²) in [7, 11) is 0. The predicted molar refractivity (Wildman–Crippen MR) is 92.4 cm³/mol. The minimum atomic E-state index is 0.435. The lowest BCUT2D eigenvalue weighted by molar-refractivity contribution is 0.0830. The van der Waals surface area contributed by atoms with Crippen molar-refractivity contribution in [1.82, 2.24) is 4.90 Å². The number of rotatable bonds is 3. The first-order valence-corrected chi connectivity index (χ1v) is 9.41. The van der Waals surface area contributed by atoms with E-state index >= 15 is 0 Å². The molecule has 0 aromatic carbocycles. The number of likely N-dealkylation sites (tertiary alicyclic amines) is 1. The first-order chi connectivity index (χ1) is 9.91. The maximum absolute atomic E-state index is 6.50. The van der Waals surface area contributed by atoms with Crippen molar-refractivity contribution >= 4 is 0 Å². The highest BCUT2D eigenvalue weighted by Gasteiger charge is 2.35. The summed E-state index contributed by atoms with van der Waals surface area (Å²) in [5.41, 5.74) is 6.95. The van der Waals surface area contributed by atoms with Crippen LogP contribution in [0.2, 0.25) is 0 Å². The van der Waals surface area contributed by atoms with Gasteiger partial charge in [0.2, 0.25) is 0 Å². The van der Waals surface area contributed by atoms with Crippen molar-refractivity contribution in [3.05, 3.63) is 0 Å². The molecule has 0 aromatic heterocycles. The Kier molecular flexibility index (Phi) is 6.14. The second-order valence-electron chi connectivity index (χ2n) is 8.71. The summed E-state index contributed by atoms with van der Waals surface area (Å²) in [5, 5.41) is 0. The summed E-state index contributed by atoms with van der Waals surface area (Å²) in [6, 6.07) is 1.25. The third-order valence-electron chi connectivity index (χ3n) is 6.21. The Bertz CT molecular complexity index is 307. The molecule has 2 N–H and O–H groups in total. The molecule has 1 saturated heterocycles.